The van der Waals surface area contributed by atoms with Crippen LogP contribution in [-0.4, -0.2) is 22.1 Å². The lowest BCUT2D eigenvalue weighted by Crippen LogP contribution is -2.33. The molecule has 2 heterocycles. The second kappa shape index (κ2) is 8.30. The van der Waals surface area contributed by atoms with Crippen LogP contribution in [0.2, 0.25) is 0 Å². The standard InChI is InChI=1S/C19H19N3O2S/c1-23-18-7-3-2-6-17(18)21-19(25)22(14-16-5-4-12-24-16)13-15-8-10-20-11-9-15/h2-12H,13-14H2,1H3,(H,21,25). The van der Waals surface area contributed by atoms with E-state index in [0.29, 0.717) is 18.2 Å². The van der Waals surface area contributed by atoms with Gasteiger partial charge in [0.25, 0.3) is 0 Å². The minimum atomic E-state index is 0.566. The number of nitrogens with zero attached hydrogens (tertiary/aromatic N) is 2. The van der Waals surface area contributed by atoms with E-state index in [2.05, 4.69) is 10.3 Å². The first-order chi connectivity index (χ1) is 12.3. The molecule has 0 saturated heterocycles. The fraction of sp³-hybridized carbons (Fsp3) is 0.158. The molecule has 0 aliphatic heterocycles. The summed E-state index contributed by atoms with van der Waals surface area (Å²) >= 11 is 5.64. The number of para-hydroxylation sites is 2. The average molecular weight is 353 g/mol. The van der Waals surface area contributed by atoms with Crippen molar-refractivity contribution in [3.05, 3.63) is 78.5 Å². The molecule has 1 aromatic carbocycles. The Morgan fingerprint density at radius 1 is 1.12 bits per heavy atom. The summed E-state index contributed by atoms with van der Waals surface area (Å²) < 4.78 is 10.9. The molecule has 0 radical (unpaired) electrons. The minimum Gasteiger partial charge on any atom is -0.495 e. The molecule has 0 saturated carbocycles. The van der Waals surface area contributed by atoms with Crippen LogP contribution in [0, 0.1) is 0 Å². The summed E-state index contributed by atoms with van der Waals surface area (Å²) in [7, 11) is 1.64. The van der Waals surface area contributed by atoms with Crippen molar-refractivity contribution in [2.45, 2.75) is 13.1 Å². The number of hydrogen-bond acceptors (Lipinski definition) is 4. The number of methoxy groups -OCH3 is 1. The van der Waals surface area contributed by atoms with Gasteiger partial charge in [-0.2, -0.15) is 0 Å². The topological polar surface area (TPSA) is 50.5 Å². The molecule has 0 amide bonds. The van der Waals surface area contributed by atoms with Crippen molar-refractivity contribution in [2.75, 3.05) is 12.4 Å². The molecule has 3 rings (SSSR count). The third-order valence-corrected chi connectivity index (χ3v) is 4.05. The van der Waals surface area contributed by atoms with Gasteiger partial charge >= 0.3 is 0 Å². The molecular weight excluding hydrogens is 334 g/mol. The van der Waals surface area contributed by atoms with Crippen molar-refractivity contribution in [1.29, 1.82) is 0 Å². The van der Waals surface area contributed by atoms with Gasteiger partial charge in [-0.1, -0.05) is 12.1 Å². The van der Waals surface area contributed by atoms with Gasteiger partial charge in [0.15, 0.2) is 5.11 Å². The number of ether oxygens (including phenoxy) is 1. The SMILES string of the molecule is COc1ccccc1NC(=S)N(Cc1ccncc1)Cc1ccco1. The van der Waals surface area contributed by atoms with E-state index < -0.39 is 0 Å². The average Bonchev–Trinajstić information content (AvgIpc) is 3.15. The highest BCUT2D eigenvalue weighted by Crippen LogP contribution is 2.24. The van der Waals surface area contributed by atoms with Crippen molar-refractivity contribution in [2.24, 2.45) is 0 Å². The second-order valence-electron chi connectivity index (χ2n) is 5.42. The molecular formula is C19H19N3O2S. The van der Waals surface area contributed by atoms with Crippen LogP contribution >= 0.6 is 12.2 Å². The molecule has 6 heteroatoms. The highest BCUT2D eigenvalue weighted by atomic mass is 32.1. The third-order valence-electron chi connectivity index (χ3n) is 3.69. The summed E-state index contributed by atoms with van der Waals surface area (Å²) in [5, 5.41) is 3.86. The zero-order chi connectivity index (χ0) is 17.5. The third kappa shape index (κ3) is 4.58. The zero-order valence-electron chi connectivity index (χ0n) is 13.9. The summed E-state index contributed by atoms with van der Waals surface area (Å²) in [6.07, 6.45) is 5.21. The Balaban J connectivity index is 1.78. The lowest BCUT2D eigenvalue weighted by molar-refractivity contribution is 0.360. The number of furan rings is 1. The van der Waals surface area contributed by atoms with E-state index in [1.54, 1.807) is 25.8 Å². The van der Waals surface area contributed by atoms with Crippen LogP contribution in [-0.2, 0) is 13.1 Å². The fourth-order valence-corrected chi connectivity index (χ4v) is 2.68. The maximum atomic E-state index is 5.64. The quantitative estimate of drug-likeness (QED) is 0.674. The van der Waals surface area contributed by atoms with Crippen molar-refractivity contribution in [1.82, 2.24) is 9.88 Å². The summed E-state index contributed by atoms with van der Waals surface area (Å²) in [4.78, 5) is 6.10. The van der Waals surface area contributed by atoms with E-state index in [0.717, 1.165) is 22.8 Å². The Labute approximate surface area is 152 Å². The molecule has 25 heavy (non-hydrogen) atoms. The molecule has 0 aliphatic rings. The number of pyridine rings is 1. The Kier molecular flexibility index (Phi) is 5.64. The van der Waals surface area contributed by atoms with E-state index in [4.69, 9.17) is 21.4 Å². The van der Waals surface area contributed by atoms with Gasteiger partial charge in [-0.25, -0.2) is 0 Å². The first kappa shape index (κ1) is 17.0. The molecule has 0 bridgehead atoms. The fourth-order valence-electron chi connectivity index (χ4n) is 2.44. The van der Waals surface area contributed by atoms with Gasteiger partial charge in [0.05, 0.1) is 25.6 Å². The monoisotopic (exact) mass is 353 g/mol. The van der Waals surface area contributed by atoms with Gasteiger partial charge in [0.1, 0.15) is 11.5 Å². The lowest BCUT2D eigenvalue weighted by Gasteiger charge is -2.25. The summed E-state index contributed by atoms with van der Waals surface area (Å²) in [5.41, 5.74) is 1.94. The predicted molar refractivity (Wildman–Crippen MR) is 101 cm³/mol. The zero-order valence-corrected chi connectivity index (χ0v) is 14.7. The van der Waals surface area contributed by atoms with E-state index in [1.165, 1.54) is 0 Å². The summed E-state index contributed by atoms with van der Waals surface area (Å²) in [6, 6.07) is 15.4. The number of benzene rings is 1. The summed E-state index contributed by atoms with van der Waals surface area (Å²) in [6.45, 7) is 1.21. The molecule has 1 N–H and O–H groups in total. The van der Waals surface area contributed by atoms with Crippen molar-refractivity contribution in [3.8, 4) is 5.75 Å². The number of thiocarbonyl (C=S) groups is 1. The number of aromatic nitrogens is 1. The number of anilines is 1. The second-order valence-corrected chi connectivity index (χ2v) is 5.81. The van der Waals surface area contributed by atoms with Gasteiger partial charge in [-0.15, -0.1) is 0 Å². The minimum absolute atomic E-state index is 0.566. The molecule has 128 valence electrons. The highest BCUT2D eigenvalue weighted by Gasteiger charge is 2.14. The Morgan fingerprint density at radius 3 is 2.64 bits per heavy atom. The molecule has 5 nitrogen and oxygen atoms in total. The number of nitrogens with one attached hydrogen (secondary N) is 1. The highest BCUT2D eigenvalue weighted by molar-refractivity contribution is 7.80. The van der Waals surface area contributed by atoms with Crippen LogP contribution in [0.25, 0.3) is 0 Å². The smallest absolute Gasteiger partial charge is 0.174 e. The lowest BCUT2D eigenvalue weighted by atomic mass is 10.2. The number of hydrogen-bond donors (Lipinski definition) is 1. The Morgan fingerprint density at radius 2 is 1.92 bits per heavy atom. The summed E-state index contributed by atoms with van der Waals surface area (Å²) in [5.74, 6) is 1.59. The first-order valence-electron chi connectivity index (χ1n) is 7.86. The van der Waals surface area contributed by atoms with Crippen LogP contribution in [0.15, 0.2) is 71.6 Å². The van der Waals surface area contributed by atoms with E-state index >= 15 is 0 Å². The van der Waals surface area contributed by atoms with Crippen LogP contribution in [0.4, 0.5) is 5.69 Å². The maximum absolute atomic E-state index is 5.64. The van der Waals surface area contributed by atoms with Gasteiger partial charge in [-0.05, 0) is 54.2 Å². The molecule has 0 fully saturated rings. The van der Waals surface area contributed by atoms with Crippen molar-refractivity contribution < 1.29 is 9.15 Å². The van der Waals surface area contributed by atoms with E-state index in [-0.39, 0.29) is 0 Å². The van der Waals surface area contributed by atoms with Gasteiger partial charge in [-0.3, -0.25) is 4.98 Å². The molecule has 3 aromatic rings. The van der Waals surface area contributed by atoms with E-state index in [9.17, 15) is 0 Å². The van der Waals surface area contributed by atoms with E-state index in [1.807, 2.05) is 53.4 Å². The van der Waals surface area contributed by atoms with Crippen molar-refractivity contribution in [3.63, 3.8) is 0 Å². The molecule has 0 unspecified atom stereocenters. The van der Waals surface area contributed by atoms with Crippen LogP contribution in [0.5, 0.6) is 5.75 Å². The van der Waals surface area contributed by atoms with Gasteiger partial charge in [0.2, 0.25) is 0 Å². The van der Waals surface area contributed by atoms with Crippen LogP contribution in [0.1, 0.15) is 11.3 Å². The largest absolute Gasteiger partial charge is 0.495 e. The molecule has 0 spiro atoms. The molecule has 0 aliphatic carbocycles. The Bertz CT molecular complexity index is 807. The maximum Gasteiger partial charge on any atom is 0.174 e. The predicted octanol–water partition coefficient (Wildman–Crippen LogP) is 4.08. The molecule has 0 atom stereocenters. The van der Waals surface area contributed by atoms with Gasteiger partial charge in [0, 0.05) is 18.9 Å². The number of rotatable bonds is 6. The van der Waals surface area contributed by atoms with Gasteiger partial charge < -0.3 is 19.4 Å². The molecule has 2 aromatic heterocycles. The normalized spacial score (nSPS) is 10.3. The van der Waals surface area contributed by atoms with Crippen molar-refractivity contribution >= 4 is 23.0 Å². The first-order valence-corrected chi connectivity index (χ1v) is 8.27. The Hall–Kier alpha value is -2.86. The van der Waals surface area contributed by atoms with Crippen LogP contribution in [0.3, 0.4) is 0 Å². The van der Waals surface area contributed by atoms with Crippen LogP contribution < -0.4 is 10.1 Å².